The molecule has 0 heterocycles. The third-order valence-corrected chi connectivity index (χ3v) is 3.94. The van der Waals surface area contributed by atoms with Crippen LogP contribution in [0.15, 0.2) is 42.5 Å². The van der Waals surface area contributed by atoms with Gasteiger partial charge in [0.25, 0.3) is 0 Å². The standard InChI is InChI=1S/C21H32O6/c1-5-26-20(22)12-11-17(2)21(27-15-23-4)18(3)13-24-16-25-14-19-9-7-6-8-10-19/h6-12,17-18,21H,5,13-16H2,1-4H3/b12-11+/t17-,18-,21-/m0/s1. The van der Waals surface area contributed by atoms with Gasteiger partial charge in [-0.25, -0.2) is 4.79 Å². The van der Waals surface area contributed by atoms with E-state index in [2.05, 4.69) is 0 Å². The number of hydrogen-bond donors (Lipinski definition) is 0. The molecule has 0 saturated heterocycles. The minimum atomic E-state index is -0.354. The van der Waals surface area contributed by atoms with Crippen LogP contribution in [0.4, 0.5) is 0 Å². The van der Waals surface area contributed by atoms with Gasteiger partial charge in [-0.2, -0.15) is 0 Å². The maximum Gasteiger partial charge on any atom is 0.330 e. The molecule has 0 unspecified atom stereocenters. The lowest BCUT2D eigenvalue weighted by Gasteiger charge is -2.27. The van der Waals surface area contributed by atoms with Crippen molar-refractivity contribution in [3.8, 4) is 0 Å². The summed E-state index contributed by atoms with van der Waals surface area (Å²) in [6.07, 6.45) is 3.07. The van der Waals surface area contributed by atoms with Crippen molar-refractivity contribution in [3.05, 3.63) is 48.0 Å². The third kappa shape index (κ3) is 10.2. The summed E-state index contributed by atoms with van der Waals surface area (Å²) >= 11 is 0. The number of carbonyl (C=O) groups excluding carboxylic acids is 1. The topological polar surface area (TPSA) is 63.2 Å². The van der Waals surface area contributed by atoms with E-state index in [1.54, 1.807) is 20.1 Å². The van der Waals surface area contributed by atoms with Gasteiger partial charge in [0.05, 0.1) is 25.9 Å². The van der Waals surface area contributed by atoms with Crippen LogP contribution in [0.1, 0.15) is 26.3 Å². The van der Waals surface area contributed by atoms with Crippen molar-refractivity contribution in [1.82, 2.24) is 0 Å². The molecule has 0 fully saturated rings. The fourth-order valence-electron chi connectivity index (χ4n) is 2.63. The molecule has 0 amide bonds. The van der Waals surface area contributed by atoms with Gasteiger partial charge in [-0.15, -0.1) is 0 Å². The van der Waals surface area contributed by atoms with Crippen LogP contribution >= 0.6 is 0 Å². The summed E-state index contributed by atoms with van der Waals surface area (Å²) < 4.78 is 26.9. The molecule has 6 nitrogen and oxygen atoms in total. The Hall–Kier alpha value is -1.73. The summed E-state index contributed by atoms with van der Waals surface area (Å²) in [6, 6.07) is 9.94. The molecule has 0 spiro atoms. The molecule has 152 valence electrons. The second-order valence-corrected chi connectivity index (χ2v) is 6.31. The van der Waals surface area contributed by atoms with E-state index < -0.39 is 0 Å². The molecule has 0 aliphatic rings. The quantitative estimate of drug-likeness (QED) is 0.213. The van der Waals surface area contributed by atoms with E-state index in [4.69, 9.17) is 23.7 Å². The molecule has 27 heavy (non-hydrogen) atoms. The molecule has 0 bridgehead atoms. The highest BCUT2D eigenvalue weighted by Gasteiger charge is 2.23. The summed E-state index contributed by atoms with van der Waals surface area (Å²) in [5, 5.41) is 0. The summed E-state index contributed by atoms with van der Waals surface area (Å²) in [4.78, 5) is 11.5. The number of ether oxygens (including phenoxy) is 5. The van der Waals surface area contributed by atoms with E-state index in [-0.39, 0.29) is 37.5 Å². The SMILES string of the molecule is CCOC(=O)/C=C/[C@H](C)[C@H](OCOC)[C@@H](C)COCOCc1ccccc1. The lowest BCUT2D eigenvalue weighted by atomic mass is 9.93. The minimum Gasteiger partial charge on any atom is -0.463 e. The van der Waals surface area contributed by atoms with Gasteiger partial charge in [0, 0.05) is 25.0 Å². The van der Waals surface area contributed by atoms with Crippen molar-refractivity contribution < 1.29 is 28.5 Å². The van der Waals surface area contributed by atoms with Gasteiger partial charge in [-0.3, -0.25) is 0 Å². The van der Waals surface area contributed by atoms with E-state index in [1.165, 1.54) is 6.08 Å². The molecule has 0 aliphatic heterocycles. The number of methoxy groups -OCH3 is 1. The van der Waals surface area contributed by atoms with E-state index >= 15 is 0 Å². The van der Waals surface area contributed by atoms with Gasteiger partial charge in [-0.1, -0.05) is 50.3 Å². The summed E-state index contributed by atoms with van der Waals surface area (Å²) in [5.74, 6) is -0.274. The average molecular weight is 380 g/mol. The van der Waals surface area contributed by atoms with Gasteiger partial charge in [0.1, 0.15) is 13.6 Å². The lowest BCUT2D eigenvalue weighted by Crippen LogP contribution is -2.32. The third-order valence-electron chi connectivity index (χ3n) is 3.94. The first-order valence-electron chi connectivity index (χ1n) is 9.23. The van der Waals surface area contributed by atoms with Gasteiger partial charge < -0.3 is 23.7 Å². The maximum atomic E-state index is 11.5. The Kier molecular flexibility index (Phi) is 12.4. The molecule has 3 atom stereocenters. The maximum absolute atomic E-state index is 11.5. The predicted octanol–water partition coefficient (Wildman–Crippen LogP) is 3.56. The largest absolute Gasteiger partial charge is 0.463 e. The summed E-state index contributed by atoms with van der Waals surface area (Å²) in [5.41, 5.74) is 1.10. The van der Waals surface area contributed by atoms with Crippen LogP contribution in [-0.2, 0) is 35.1 Å². The van der Waals surface area contributed by atoms with E-state index in [9.17, 15) is 4.79 Å². The van der Waals surface area contributed by atoms with Gasteiger partial charge >= 0.3 is 5.97 Å². The molecule has 0 aromatic heterocycles. The van der Waals surface area contributed by atoms with Gasteiger partial charge in [0.2, 0.25) is 0 Å². The first-order chi connectivity index (χ1) is 13.1. The molecule has 0 N–H and O–H groups in total. The molecule has 0 aliphatic carbocycles. The zero-order valence-electron chi connectivity index (χ0n) is 16.8. The number of hydrogen-bond acceptors (Lipinski definition) is 6. The van der Waals surface area contributed by atoms with Crippen molar-refractivity contribution in [2.75, 3.05) is 33.9 Å². The molecule has 0 radical (unpaired) electrons. The van der Waals surface area contributed by atoms with Crippen LogP contribution in [0, 0.1) is 11.8 Å². The zero-order valence-corrected chi connectivity index (χ0v) is 16.8. The zero-order chi connectivity index (χ0) is 19.9. The number of rotatable bonds is 14. The molecule has 1 aromatic rings. The van der Waals surface area contributed by atoms with Crippen LogP contribution in [0.2, 0.25) is 0 Å². The van der Waals surface area contributed by atoms with Crippen molar-refractivity contribution in [1.29, 1.82) is 0 Å². The monoisotopic (exact) mass is 380 g/mol. The summed E-state index contributed by atoms with van der Waals surface area (Å²) in [6.45, 7) is 7.52. The summed E-state index contributed by atoms with van der Waals surface area (Å²) in [7, 11) is 1.58. The van der Waals surface area contributed by atoms with Gasteiger partial charge in [0.15, 0.2) is 0 Å². The van der Waals surface area contributed by atoms with Crippen LogP contribution in [0.5, 0.6) is 0 Å². The van der Waals surface area contributed by atoms with Crippen LogP contribution in [0.3, 0.4) is 0 Å². The smallest absolute Gasteiger partial charge is 0.330 e. The number of esters is 1. The van der Waals surface area contributed by atoms with Crippen LogP contribution in [0.25, 0.3) is 0 Å². The number of carbonyl (C=O) groups is 1. The van der Waals surface area contributed by atoms with Crippen LogP contribution < -0.4 is 0 Å². The molecule has 6 heteroatoms. The minimum absolute atomic E-state index is 0.00612. The van der Waals surface area contributed by atoms with Crippen molar-refractivity contribution >= 4 is 5.97 Å². The van der Waals surface area contributed by atoms with Crippen molar-refractivity contribution in [3.63, 3.8) is 0 Å². The highest BCUT2D eigenvalue weighted by molar-refractivity contribution is 5.81. The van der Waals surface area contributed by atoms with Crippen molar-refractivity contribution in [2.45, 2.75) is 33.5 Å². The predicted molar refractivity (Wildman–Crippen MR) is 103 cm³/mol. The second kappa shape index (κ2) is 14.3. The first kappa shape index (κ1) is 23.3. The molecular formula is C21H32O6. The van der Waals surface area contributed by atoms with E-state index in [0.29, 0.717) is 19.8 Å². The van der Waals surface area contributed by atoms with Crippen molar-refractivity contribution in [2.24, 2.45) is 11.8 Å². The second-order valence-electron chi connectivity index (χ2n) is 6.31. The molecular weight excluding hydrogens is 348 g/mol. The fraction of sp³-hybridized carbons (Fsp3) is 0.571. The Morgan fingerprint density at radius 2 is 1.85 bits per heavy atom. The Balaban J connectivity index is 2.41. The fourth-order valence-corrected chi connectivity index (χ4v) is 2.63. The highest BCUT2D eigenvalue weighted by Crippen LogP contribution is 2.19. The Morgan fingerprint density at radius 1 is 1.11 bits per heavy atom. The van der Waals surface area contributed by atoms with Gasteiger partial charge in [-0.05, 0) is 12.5 Å². The number of benzene rings is 1. The van der Waals surface area contributed by atoms with E-state index in [1.807, 2.05) is 44.2 Å². The Bertz CT molecular complexity index is 531. The normalized spacial score (nSPS) is 14.8. The van der Waals surface area contributed by atoms with E-state index in [0.717, 1.165) is 5.56 Å². The first-order valence-corrected chi connectivity index (χ1v) is 9.23. The Morgan fingerprint density at radius 3 is 2.52 bits per heavy atom. The lowest BCUT2D eigenvalue weighted by molar-refractivity contribution is -0.137. The highest BCUT2D eigenvalue weighted by atomic mass is 16.7. The molecule has 1 aromatic carbocycles. The average Bonchev–Trinajstić information content (AvgIpc) is 2.67. The molecule has 0 saturated carbocycles. The Labute approximate surface area is 162 Å². The molecule has 1 rings (SSSR count). The van der Waals surface area contributed by atoms with Crippen LogP contribution in [-0.4, -0.2) is 46.0 Å².